The highest BCUT2D eigenvalue weighted by Crippen LogP contribution is 2.15. The van der Waals surface area contributed by atoms with Gasteiger partial charge in [-0.15, -0.1) is 11.3 Å². The van der Waals surface area contributed by atoms with Crippen LogP contribution in [0.3, 0.4) is 0 Å². The SMILES string of the molecule is COC(=O)CCNCc1nc(C)c(C)s1. The van der Waals surface area contributed by atoms with Gasteiger partial charge in [0.05, 0.1) is 19.2 Å². The molecule has 1 heterocycles. The first-order valence-corrected chi connectivity index (χ1v) is 5.65. The van der Waals surface area contributed by atoms with Crippen LogP contribution in [0, 0.1) is 13.8 Å². The van der Waals surface area contributed by atoms with E-state index in [1.807, 2.05) is 6.92 Å². The Hall–Kier alpha value is -0.940. The lowest BCUT2D eigenvalue weighted by atomic mass is 10.4. The maximum atomic E-state index is 10.8. The monoisotopic (exact) mass is 228 g/mol. The lowest BCUT2D eigenvalue weighted by molar-refractivity contribution is -0.140. The lowest BCUT2D eigenvalue weighted by Gasteiger charge is -2.00. The molecule has 0 fully saturated rings. The Bertz CT molecular complexity index is 317. The predicted molar refractivity (Wildman–Crippen MR) is 59.9 cm³/mol. The summed E-state index contributed by atoms with van der Waals surface area (Å²) in [5, 5.41) is 4.22. The van der Waals surface area contributed by atoms with E-state index in [4.69, 9.17) is 0 Å². The molecule has 0 atom stereocenters. The summed E-state index contributed by atoms with van der Waals surface area (Å²) < 4.78 is 4.53. The van der Waals surface area contributed by atoms with Crippen LogP contribution < -0.4 is 5.32 Å². The van der Waals surface area contributed by atoms with Gasteiger partial charge in [-0.3, -0.25) is 4.79 Å². The first-order chi connectivity index (χ1) is 7.13. The fourth-order valence-electron chi connectivity index (χ4n) is 1.10. The number of nitrogens with zero attached hydrogens (tertiary/aromatic N) is 1. The van der Waals surface area contributed by atoms with Crippen LogP contribution in [0.5, 0.6) is 0 Å². The largest absolute Gasteiger partial charge is 0.469 e. The predicted octanol–water partition coefficient (Wildman–Crippen LogP) is 1.41. The van der Waals surface area contributed by atoms with Crippen LogP contribution in [0.1, 0.15) is 22.0 Å². The second-order valence-corrected chi connectivity index (χ2v) is 4.54. The van der Waals surface area contributed by atoms with Crippen LogP contribution in [0.2, 0.25) is 0 Å². The molecular formula is C10H16N2O2S. The van der Waals surface area contributed by atoms with Crippen molar-refractivity contribution in [2.75, 3.05) is 13.7 Å². The van der Waals surface area contributed by atoms with Gasteiger partial charge in [-0.2, -0.15) is 0 Å². The summed E-state index contributed by atoms with van der Waals surface area (Å²) in [7, 11) is 1.40. The molecule has 0 saturated carbocycles. The molecule has 0 amide bonds. The van der Waals surface area contributed by atoms with Crippen LogP contribution in [-0.4, -0.2) is 24.6 Å². The second kappa shape index (κ2) is 5.82. The van der Waals surface area contributed by atoms with Gasteiger partial charge in [-0.05, 0) is 13.8 Å². The Morgan fingerprint density at radius 2 is 2.27 bits per heavy atom. The molecule has 4 nitrogen and oxygen atoms in total. The van der Waals surface area contributed by atoms with Crippen molar-refractivity contribution in [3.05, 3.63) is 15.6 Å². The Morgan fingerprint density at radius 1 is 1.53 bits per heavy atom. The number of carbonyl (C=O) groups is 1. The summed E-state index contributed by atoms with van der Waals surface area (Å²) in [5.74, 6) is -0.186. The summed E-state index contributed by atoms with van der Waals surface area (Å²) >= 11 is 1.69. The van der Waals surface area contributed by atoms with Crippen LogP contribution >= 0.6 is 11.3 Å². The Kier molecular flexibility index (Phi) is 4.71. The zero-order valence-electron chi connectivity index (χ0n) is 9.29. The molecule has 15 heavy (non-hydrogen) atoms. The molecule has 0 aromatic carbocycles. The van der Waals surface area contributed by atoms with E-state index in [-0.39, 0.29) is 5.97 Å². The summed E-state index contributed by atoms with van der Waals surface area (Å²) in [5.41, 5.74) is 1.09. The molecule has 1 N–H and O–H groups in total. The zero-order valence-corrected chi connectivity index (χ0v) is 10.1. The highest BCUT2D eigenvalue weighted by Gasteiger charge is 2.03. The zero-order chi connectivity index (χ0) is 11.3. The summed E-state index contributed by atoms with van der Waals surface area (Å²) in [6.07, 6.45) is 0.403. The molecule has 0 spiro atoms. The van der Waals surface area contributed by atoms with Crippen LogP contribution in [0.15, 0.2) is 0 Å². The van der Waals surface area contributed by atoms with E-state index in [2.05, 4.69) is 22.0 Å². The standard InChI is InChI=1S/C10H16N2O2S/c1-7-8(2)15-9(12-7)6-11-5-4-10(13)14-3/h11H,4-6H2,1-3H3. The van der Waals surface area contributed by atoms with E-state index in [1.54, 1.807) is 11.3 Å². The van der Waals surface area contributed by atoms with Crippen LogP contribution in [-0.2, 0) is 16.1 Å². The normalized spacial score (nSPS) is 10.3. The second-order valence-electron chi connectivity index (χ2n) is 3.25. The summed E-state index contributed by atoms with van der Waals surface area (Å²) in [6.45, 7) is 5.41. The van der Waals surface area contributed by atoms with Crippen molar-refractivity contribution in [1.29, 1.82) is 0 Å². The van der Waals surface area contributed by atoms with Crippen molar-refractivity contribution in [1.82, 2.24) is 10.3 Å². The molecule has 1 aromatic heterocycles. The highest BCUT2D eigenvalue weighted by molar-refractivity contribution is 7.11. The molecule has 0 bridgehead atoms. The third kappa shape index (κ3) is 3.97. The van der Waals surface area contributed by atoms with E-state index in [1.165, 1.54) is 12.0 Å². The Balaban J connectivity index is 2.23. The minimum Gasteiger partial charge on any atom is -0.469 e. The van der Waals surface area contributed by atoms with Crippen LogP contribution in [0.25, 0.3) is 0 Å². The van der Waals surface area contributed by atoms with Gasteiger partial charge >= 0.3 is 5.97 Å². The summed E-state index contributed by atoms with van der Waals surface area (Å²) in [6, 6.07) is 0. The van der Waals surface area contributed by atoms with Gasteiger partial charge in [0.1, 0.15) is 5.01 Å². The van der Waals surface area contributed by atoms with E-state index < -0.39 is 0 Å². The molecule has 0 radical (unpaired) electrons. The number of rotatable bonds is 5. The fourth-order valence-corrected chi connectivity index (χ4v) is 2.01. The van der Waals surface area contributed by atoms with Crippen molar-refractivity contribution < 1.29 is 9.53 Å². The smallest absolute Gasteiger partial charge is 0.306 e. The van der Waals surface area contributed by atoms with Crippen molar-refractivity contribution >= 4 is 17.3 Å². The third-order valence-electron chi connectivity index (χ3n) is 2.08. The molecule has 0 aliphatic carbocycles. The maximum absolute atomic E-state index is 10.8. The van der Waals surface area contributed by atoms with Gasteiger partial charge in [-0.25, -0.2) is 4.98 Å². The lowest BCUT2D eigenvalue weighted by Crippen LogP contribution is -2.18. The average Bonchev–Trinajstić information content (AvgIpc) is 2.53. The molecule has 84 valence electrons. The fraction of sp³-hybridized carbons (Fsp3) is 0.600. The molecule has 1 rings (SSSR count). The van der Waals surface area contributed by atoms with Crippen molar-refractivity contribution in [2.45, 2.75) is 26.8 Å². The number of ether oxygens (including phenoxy) is 1. The number of aryl methyl sites for hydroxylation is 2. The quantitative estimate of drug-likeness (QED) is 0.611. The molecule has 0 unspecified atom stereocenters. The number of hydrogen-bond acceptors (Lipinski definition) is 5. The van der Waals surface area contributed by atoms with Gasteiger partial charge in [0.25, 0.3) is 0 Å². The van der Waals surface area contributed by atoms with Gasteiger partial charge in [-0.1, -0.05) is 0 Å². The minimum absolute atomic E-state index is 0.186. The van der Waals surface area contributed by atoms with Crippen molar-refractivity contribution in [2.24, 2.45) is 0 Å². The number of aromatic nitrogens is 1. The van der Waals surface area contributed by atoms with Gasteiger partial charge in [0.15, 0.2) is 0 Å². The number of methoxy groups -OCH3 is 1. The van der Waals surface area contributed by atoms with Gasteiger partial charge in [0.2, 0.25) is 0 Å². The average molecular weight is 228 g/mol. The number of carbonyl (C=O) groups excluding carboxylic acids is 1. The molecule has 0 aliphatic rings. The topological polar surface area (TPSA) is 51.2 Å². The van der Waals surface area contributed by atoms with Crippen molar-refractivity contribution in [3.8, 4) is 0 Å². The van der Waals surface area contributed by atoms with Gasteiger partial charge in [0, 0.05) is 18.0 Å². The Labute approximate surface area is 93.7 Å². The number of hydrogen-bond donors (Lipinski definition) is 1. The van der Waals surface area contributed by atoms with Crippen LogP contribution in [0.4, 0.5) is 0 Å². The minimum atomic E-state index is -0.186. The Morgan fingerprint density at radius 3 is 2.80 bits per heavy atom. The third-order valence-corrected chi connectivity index (χ3v) is 3.16. The van der Waals surface area contributed by atoms with Crippen molar-refractivity contribution in [3.63, 3.8) is 0 Å². The molecular weight excluding hydrogens is 212 g/mol. The van der Waals surface area contributed by atoms with Gasteiger partial charge < -0.3 is 10.1 Å². The maximum Gasteiger partial charge on any atom is 0.306 e. The summed E-state index contributed by atoms with van der Waals surface area (Å²) in [4.78, 5) is 16.4. The number of nitrogens with one attached hydrogen (secondary N) is 1. The molecule has 0 aliphatic heterocycles. The highest BCUT2D eigenvalue weighted by atomic mass is 32.1. The van der Waals surface area contributed by atoms with E-state index in [0.29, 0.717) is 13.0 Å². The first-order valence-electron chi connectivity index (χ1n) is 4.84. The molecule has 0 saturated heterocycles. The van der Waals surface area contributed by atoms with E-state index in [9.17, 15) is 4.79 Å². The van der Waals surface area contributed by atoms with E-state index in [0.717, 1.165) is 17.2 Å². The van der Waals surface area contributed by atoms with E-state index >= 15 is 0 Å². The first kappa shape index (κ1) is 12.1. The number of thiazole rings is 1. The molecule has 5 heteroatoms. The number of esters is 1. The molecule has 1 aromatic rings.